The number of nitrogens with one attached hydrogen (secondary N) is 1. The molecular formula is C22H16ClF3N4O2. The van der Waals surface area contributed by atoms with Crippen LogP contribution in [-0.2, 0) is 22.2 Å². The summed E-state index contributed by atoms with van der Waals surface area (Å²) in [7, 11) is 0. The van der Waals surface area contributed by atoms with E-state index in [1.54, 1.807) is 31.3 Å². The monoisotopic (exact) mass is 460 g/mol. The Bertz CT molecular complexity index is 1210. The quantitative estimate of drug-likeness (QED) is 0.577. The molecule has 3 aromatic rings. The molecular weight excluding hydrogens is 445 g/mol. The Morgan fingerprint density at radius 2 is 1.94 bits per heavy atom. The molecule has 0 bridgehead atoms. The zero-order chi connectivity index (χ0) is 23.0. The van der Waals surface area contributed by atoms with Gasteiger partial charge < -0.3 is 10.2 Å². The van der Waals surface area contributed by atoms with Gasteiger partial charge in [-0.25, -0.2) is 4.98 Å². The van der Waals surface area contributed by atoms with Gasteiger partial charge in [-0.3, -0.25) is 14.6 Å². The van der Waals surface area contributed by atoms with Gasteiger partial charge in [0, 0.05) is 28.7 Å². The number of carbonyl (C=O) groups is 2. The molecule has 0 radical (unpaired) electrons. The number of fused-ring (bicyclic) bond motifs is 3. The van der Waals surface area contributed by atoms with E-state index in [9.17, 15) is 22.8 Å². The summed E-state index contributed by atoms with van der Waals surface area (Å²) in [5.74, 6) is -0.943. The fourth-order valence-corrected chi connectivity index (χ4v) is 3.85. The largest absolute Gasteiger partial charge is 0.416 e. The lowest BCUT2D eigenvalue weighted by Crippen LogP contribution is -2.38. The molecule has 0 spiro atoms. The molecule has 0 unspecified atom stereocenters. The molecule has 10 heteroatoms. The molecule has 164 valence electrons. The van der Waals surface area contributed by atoms with E-state index >= 15 is 0 Å². The second kappa shape index (κ2) is 8.23. The molecule has 3 heterocycles. The van der Waals surface area contributed by atoms with Crippen LogP contribution in [0.1, 0.15) is 17.0 Å². The maximum Gasteiger partial charge on any atom is 0.416 e. The molecule has 1 N–H and O–H groups in total. The van der Waals surface area contributed by atoms with Crippen LogP contribution in [-0.4, -0.2) is 28.3 Å². The van der Waals surface area contributed by atoms with Crippen molar-refractivity contribution in [3.05, 3.63) is 70.8 Å². The van der Waals surface area contributed by atoms with E-state index < -0.39 is 17.6 Å². The van der Waals surface area contributed by atoms with E-state index in [0.717, 1.165) is 24.3 Å². The molecule has 0 atom stereocenters. The number of hydrogen-bond acceptors (Lipinski definition) is 4. The number of benzene rings is 1. The fraction of sp³-hybridized carbons (Fsp3) is 0.182. The number of amides is 2. The molecule has 0 saturated heterocycles. The summed E-state index contributed by atoms with van der Waals surface area (Å²) in [6.07, 6.45) is -2.96. The number of alkyl halides is 3. The topological polar surface area (TPSA) is 75.2 Å². The molecule has 0 fully saturated rings. The Kier molecular flexibility index (Phi) is 5.60. The fourth-order valence-electron chi connectivity index (χ4n) is 3.52. The van der Waals surface area contributed by atoms with Gasteiger partial charge >= 0.3 is 6.18 Å². The van der Waals surface area contributed by atoms with Gasteiger partial charge in [-0.05, 0) is 43.3 Å². The molecule has 1 aromatic carbocycles. The molecule has 32 heavy (non-hydrogen) atoms. The lowest BCUT2D eigenvalue weighted by Gasteiger charge is -2.23. The van der Waals surface area contributed by atoms with Crippen molar-refractivity contribution in [3.63, 3.8) is 0 Å². The highest BCUT2D eigenvalue weighted by molar-refractivity contribution is 6.33. The highest BCUT2D eigenvalue weighted by Crippen LogP contribution is 2.40. The van der Waals surface area contributed by atoms with Gasteiger partial charge in [0.25, 0.3) is 0 Å². The van der Waals surface area contributed by atoms with Crippen LogP contribution in [0.15, 0.2) is 48.7 Å². The molecule has 2 aromatic heterocycles. The Morgan fingerprint density at radius 3 is 2.62 bits per heavy atom. The molecule has 1 aliphatic heterocycles. The predicted molar refractivity (Wildman–Crippen MR) is 113 cm³/mol. The summed E-state index contributed by atoms with van der Waals surface area (Å²) in [6.45, 7) is 1.35. The third-order valence-corrected chi connectivity index (χ3v) is 5.22. The van der Waals surface area contributed by atoms with E-state index in [0.29, 0.717) is 28.2 Å². The van der Waals surface area contributed by atoms with E-state index in [1.807, 2.05) is 0 Å². The maximum atomic E-state index is 13.0. The second-order valence-electron chi connectivity index (χ2n) is 7.23. The summed E-state index contributed by atoms with van der Waals surface area (Å²) in [5.41, 5.74) is 1.99. The van der Waals surface area contributed by atoms with Crippen LogP contribution >= 0.6 is 11.6 Å². The van der Waals surface area contributed by atoms with Crippen molar-refractivity contribution in [3.8, 4) is 11.1 Å². The first-order valence-electron chi connectivity index (χ1n) is 9.52. The number of aromatic nitrogens is 2. The van der Waals surface area contributed by atoms with Gasteiger partial charge in [-0.15, -0.1) is 0 Å². The van der Waals surface area contributed by atoms with E-state index in [-0.39, 0.29) is 29.7 Å². The van der Waals surface area contributed by atoms with E-state index in [1.165, 1.54) is 4.90 Å². The number of hydrogen-bond donors (Lipinski definition) is 1. The summed E-state index contributed by atoms with van der Waals surface area (Å²) in [6, 6.07) is 9.22. The Hall–Kier alpha value is -3.46. The van der Waals surface area contributed by atoms with Crippen molar-refractivity contribution in [1.82, 2.24) is 9.97 Å². The van der Waals surface area contributed by atoms with Crippen molar-refractivity contribution in [2.24, 2.45) is 0 Å². The summed E-state index contributed by atoms with van der Waals surface area (Å²) >= 11 is 6.41. The van der Waals surface area contributed by atoms with Crippen LogP contribution in [0.4, 0.5) is 24.5 Å². The zero-order valence-corrected chi connectivity index (χ0v) is 17.5. The van der Waals surface area contributed by atoms with Gasteiger partial charge in [-0.2, -0.15) is 13.2 Å². The number of carbonyl (C=O) groups excluding carboxylic acids is 2. The number of anilines is 2. The number of rotatable bonds is 3. The molecule has 6 nitrogen and oxygen atoms in total. The van der Waals surface area contributed by atoms with Gasteiger partial charge in [-0.1, -0.05) is 17.7 Å². The molecule has 0 aliphatic carbocycles. The van der Waals surface area contributed by atoms with Crippen molar-refractivity contribution >= 4 is 34.8 Å². The minimum absolute atomic E-state index is 0.0478. The highest BCUT2D eigenvalue weighted by Gasteiger charge is 2.31. The van der Waals surface area contributed by atoms with Gasteiger partial charge in [0.15, 0.2) is 0 Å². The van der Waals surface area contributed by atoms with Crippen LogP contribution in [0.5, 0.6) is 0 Å². The number of pyridine rings is 2. The Balaban J connectivity index is 1.64. The molecule has 0 saturated carbocycles. The second-order valence-corrected chi connectivity index (χ2v) is 7.58. The molecule has 4 rings (SSSR count). The summed E-state index contributed by atoms with van der Waals surface area (Å²) in [5, 5.41) is 2.70. The SMILES string of the molecule is Cc1cc2c(c(Cl)n1)-c1cccnc1CC(=O)N2CC(=O)Nc1ccc(C(F)(F)F)cc1. The molecule has 1 aliphatic rings. The van der Waals surface area contributed by atoms with Crippen LogP contribution in [0.25, 0.3) is 11.1 Å². The first-order valence-corrected chi connectivity index (χ1v) is 9.90. The number of nitrogens with zero attached hydrogens (tertiary/aromatic N) is 3. The zero-order valence-electron chi connectivity index (χ0n) is 16.7. The first-order chi connectivity index (χ1) is 15.1. The van der Waals surface area contributed by atoms with Crippen molar-refractivity contribution < 1.29 is 22.8 Å². The minimum atomic E-state index is -4.47. The van der Waals surface area contributed by atoms with E-state index in [2.05, 4.69) is 15.3 Å². The summed E-state index contributed by atoms with van der Waals surface area (Å²) < 4.78 is 38.2. The van der Waals surface area contributed by atoms with Crippen molar-refractivity contribution in [2.75, 3.05) is 16.8 Å². The normalized spacial score (nSPS) is 13.3. The summed E-state index contributed by atoms with van der Waals surface area (Å²) in [4.78, 5) is 35.5. The van der Waals surface area contributed by atoms with Crippen LogP contribution in [0.2, 0.25) is 5.15 Å². The Morgan fingerprint density at radius 1 is 1.22 bits per heavy atom. The third kappa shape index (κ3) is 4.29. The average Bonchev–Trinajstić information content (AvgIpc) is 2.82. The predicted octanol–water partition coefficient (Wildman–Crippen LogP) is 4.65. The average molecular weight is 461 g/mol. The van der Waals surface area contributed by atoms with E-state index in [4.69, 9.17) is 11.6 Å². The minimum Gasteiger partial charge on any atom is -0.325 e. The van der Waals surface area contributed by atoms with Crippen molar-refractivity contribution in [2.45, 2.75) is 19.5 Å². The maximum absolute atomic E-state index is 13.0. The number of aryl methyl sites for hydroxylation is 1. The third-order valence-electron chi connectivity index (χ3n) is 4.95. The van der Waals surface area contributed by atoms with Crippen LogP contribution in [0.3, 0.4) is 0 Å². The van der Waals surface area contributed by atoms with Crippen LogP contribution < -0.4 is 10.2 Å². The molecule has 2 amide bonds. The van der Waals surface area contributed by atoms with Crippen molar-refractivity contribution in [1.29, 1.82) is 0 Å². The lowest BCUT2D eigenvalue weighted by molar-refractivity contribution is -0.137. The highest BCUT2D eigenvalue weighted by atomic mass is 35.5. The van der Waals surface area contributed by atoms with Gasteiger partial charge in [0.2, 0.25) is 11.8 Å². The standard InChI is InChI=1S/C22H16ClF3N4O2/c1-12-9-17-20(21(23)28-12)15-3-2-8-27-16(15)10-19(32)30(17)11-18(31)29-14-6-4-13(5-7-14)22(24,25)26/h2-9H,10-11H2,1H3,(H,29,31). The van der Waals surface area contributed by atoms with Gasteiger partial charge in [0.1, 0.15) is 11.7 Å². The van der Waals surface area contributed by atoms with Crippen LogP contribution in [0, 0.1) is 6.92 Å². The lowest BCUT2D eigenvalue weighted by atomic mass is 10.0. The number of halogens is 4. The Labute approximate surface area is 186 Å². The first kappa shape index (κ1) is 21.8. The smallest absolute Gasteiger partial charge is 0.325 e. The van der Waals surface area contributed by atoms with Gasteiger partial charge in [0.05, 0.1) is 23.4 Å².